The molecule has 0 fully saturated rings. The summed E-state index contributed by atoms with van der Waals surface area (Å²) >= 11 is 15.8. The zero-order valence-corrected chi connectivity index (χ0v) is 11.9. The fourth-order valence-corrected chi connectivity index (χ4v) is 2.55. The van der Waals surface area contributed by atoms with Crippen LogP contribution in [-0.4, -0.2) is 0 Å². The summed E-state index contributed by atoms with van der Waals surface area (Å²) in [5.74, 6) is 0. The van der Waals surface area contributed by atoms with Crippen LogP contribution in [0.1, 0.15) is 0 Å². The molecule has 0 aliphatic carbocycles. The third-order valence-corrected chi connectivity index (χ3v) is 4.94. The third kappa shape index (κ3) is 1.73. The fourth-order valence-electron chi connectivity index (χ4n) is 1.32. The lowest BCUT2D eigenvalue weighted by molar-refractivity contribution is 1.43. The standard InChI is InChI=1S/C10H6Br2S2/c11-7-3-1-5-6(10(7)14)2-4-8(12)9(5)13/h1-4,13-14H. The lowest BCUT2D eigenvalue weighted by Gasteiger charge is -2.07. The Morgan fingerprint density at radius 2 is 1.07 bits per heavy atom. The van der Waals surface area contributed by atoms with Crippen molar-refractivity contribution in [2.75, 3.05) is 0 Å². The normalized spacial score (nSPS) is 10.9. The molecule has 0 unspecified atom stereocenters. The lowest BCUT2D eigenvalue weighted by atomic mass is 10.1. The van der Waals surface area contributed by atoms with Gasteiger partial charge in [-0.3, -0.25) is 0 Å². The molecule has 0 bridgehead atoms. The van der Waals surface area contributed by atoms with Gasteiger partial charge in [0, 0.05) is 18.7 Å². The van der Waals surface area contributed by atoms with Gasteiger partial charge in [0.1, 0.15) is 0 Å². The highest BCUT2D eigenvalue weighted by molar-refractivity contribution is 9.10. The van der Waals surface area contributed by atoms with Crippen molar-refractivity contribution in [3.63, 3.8) is 0 Å². The van der Waals surface area contributed by atoms with Gasteiger partial charge in [0.05, 0.1) is 0 Å². The van der Waals surface area contributed by atoms with E-state index in [9.17, 15) is 0 Å². The van der Waals surface area contributed by atoms with Gasteiger partial charge in [-0.15, -0.1) is 25.3 Å². The van der Waals surface area contributed by atoms with Crippen LogP contribution in [0.2, 0.25) is 0 Å². The molecule has 0 nitrogen and oxygen atoms in total. The van der Waals surface area contributed by atoms with Crippen LogP contribution in [-0.2, 0) is 0 Å². The van der Waals surface area contributed by atoms with Gasteiger partial charge in [0.25, 0.3) is 0 Å². The number of halogens is 2. The molecule has 0 N–H and O–H groups in total. The van der Waals surface area contributed by atoms with E-state index < -0.39 is 0 Å². The van der Waals surface area contributed by atoms with E-state index >= 15 is 0 Å². The number of benzene rings is 2. The van der Waals surface area contributed by atoms with Gasteiger partial charge < -0.3 is 0 Å². The third-order valence-electron chi connectivity index (χ3n) is 2.05. The molecule has 2 rings (SSSR count). The Morgan fingerprint density at radius 3 is 1.43 bits per heavy atom. The second-order valence-electron chi connectivity index (χ2n) is 2.89. The van der Waals surface area contributed by atoms with Gasteiger partial charge in [0.2, 0.25) is 0 Å². The molecule has 14 heavy (non-hydrogen) atoms. The largest absolute Gasteiger partial charge is 0.142 e. The lowest BCUT2D eigenvalue weighted by Crippen LogP contribution is -1.80. The van der Waals surface area contributed by atoms with Crippen LogP contribution in [0.5, 0.6) is 0 Å². The average Bonchev–Trinajstić information content (AvgIpc) is 2.17. The van der Waals surface area contributed by atoms with Gasteiger partial charge in [-0.05, 0) is 54.8 Å². The molecule has 0 atom stereocenters. The Labute approximate surface area is 110 Å². The molecule has 0 saturated heterocycles. The van der Waals surface area contributed by atoms with E-state index in [0.717, 1.165) is 29.5 Å². The van der Waals surface area contributed by atoms with Gasteiger partial charge in [0.15, 0.2) is 0 Å². The molecule has 0 saturated carbocycles. The Bertz CT molecular complexity index is 462. The van der Waals surface area contributed by atoms with Gasteiger partial charge in [-0.1, -0.05) is 12.1 Å². The fraction of sp³-hybridized carbons (Fsp3) is 0. The van der Waals surface area contributed by atoms with Crippen LogP contribution in [0, 0.1) is 0 Å². The average molecular weight is 350 g/mol. The van der Waals surface area contributed by atoms with Crippen molar-refractivity contribution in [1.82, 2.24) is 0 Å². The van der Waals surface area contributed by atoms with E-state index in [1.54, 1.807) is 0 Å². The summed E-state index contributed by atoms with van der Waals surface area (Å²) in [6.07, 6.45) is 0. The minimum absolute atomic E-state index is 0.949. The quantitative estimate of drug-likeness (QED) is 0.618. The van der Waals surface area contributed by atoms with Crippen molar-refractivity contribution in [2.45, 2.75) is 9.79 Å². The van der Waals surface area contributed by atoms with E-state index in [2.05, 4.69) is 57.1 Å². The molecule has 0 heterocycles. The van der Waals surface area contributed by atoms with E-state index in [0.29, 0.717) is 0 Å². The minimum Gasteiger partial charge on any atom is -0.142 e. The van der Waals surface area contributed by atoms with Crippen molar-refractivity contribution in [1.29, 1.82) is 0 Å². The topological polar surface area (TPSA) is 0 Å². The molecule has 4 heteroatoms. The molecule has 0 spiro atoms. The van der Waals surface area contributed by atoms with Crippen molar-refractivity contribution in [3.8, 4) is 0 Å². The van der Waals surface area contributed by atoms with Crippen LogP contribution in [0.4, 0.5) is 0 Å². The molecule has 0 amide bonds. The van der Waals surface area contributed by atoms with E-state index in [1.165, 1.54) is 0 Å². The number of rotatable bonds is 0. The summed E-state index contributed by atoms with van der Waals surface area (Å²) in [4.78, 5) is 1.90. The Morgan fingerprint density at radius 1 is 0.714 bits per heavy atom. The van der Waals surface area contributed by atoms with Gasteiger partial charge in [-0.2, -0.15) is 0 Å². The summed E-state index contributed by atoms with van der Waals surface area (Å²) in [7, 11) is 0. The Kier molecular flexibility index (Phi) is 3.17. The van der Waals surface area contributed by atoms with Crippen LogP contribution in [0.25, 0.3) is 10.8 Å². The number of hydrogen-bond acceptors (Lipinski definition) is 2. The second-order valence-corrected chi connectivity index (χ2v) is 5.49. The zero-order chi connectivity index (χ0) is 10.3. The summed E-state index contributed by atoms with van der Waals surface area (Å²) in [6.45, 7) is 0. The predicted molar refractivity (Wildman–Crippen MR) is 73.9 cm³/mol. The van der Waals surface area contributed by atoms with Gasteiger partial charge in [-0.25, -0.2) is 0 Å². The summed E-state index contributed by atoms with van der Waals surface area (Å²) in [5, 5.41) is 2.21. The molecule has 2 aromatic carbocycles. The Hall–Kier alpha value is 0.360. The van der Waals surface area contributed by atoms with E-state index in [4.69, 9.17) is 0 Å². The molecule has 0 aromatic heterocycles. The highest BCUT2D eigenvalue weighted by atomic mass is 79.9. The highest BCUT2D eigenvalue weighted by Crippen LogP contribution is 2.35. The molecular formula is C10H6Br2S2. The maximum atomic E-state index is 4.45. The van der Waals surface area contributed by atoms with Crippen LogP contribution in [0.15, 0.2) is 43.0 Å². The molecule has 0 aliphatic heterocycles. The van der Waals surface area contributed by atoms with Crippen molar-refractivity contribution in [3.05, 3.63) is 33.2 Å². The van der Waals surface area contributed by atoms with Crippen molar-refractivity contribution in [2.24, 2.45) is 0 Å². The summed E-state index contributed by atoms with van der Waals surface area (Å²) in [5.41, 5.74) is 0. The van der Waals surface area contributed by atoms with Crippen LogP contribution < -0.4 is 0 Å². The first-order valence-corrected chi connectivity index (χ1v) is 6.38. The molecule has 0 radical (unpaired) electrons. The second kappa shape index (κ2) is 4.08. The maximum Gasteiger partial charge on any atom is 0.0315 e. The summed E-state index contributed by atoms with van der Waals surface area (Å²) in [6, 6.07) is 8.03. The first-order chi connectivity index (χ1) is 6.61. The molecule has 0 aliphatic rings. The number of hydrogen-bond donors (Lipinski definition) is 2. The maximum absolute atomic E-state index is 4.45. The van der Waals surface area contributed by atoms with Crippen molar-refractivity contribution < 1.29 is 0 Å². The first-order valence-electron chi connectivity index (χ1n) is 3.90. The van der Waals surface area contributed by atoms with Crippen LogP contribution in [0.3, 0.4) is 0 Å². The zero-order valence-electron chi connectivity index (χ0n) is 6.96. The Balaban J connectivity index is 2.94. The molecular weight excluding hydrogens is 344 g/mol. The summed E-state index contributed by atoms with van der Waals surface area (Å²) < 4.78 is 2.01. The number of thiol groups is 2. The predicted octanol–water partition coefficient (Wildman–Crippen LogP) is 4.94. The highest BCUT2D eigenvalue weighted by Gasteiger charge is 2.06. The SMILES string of the molecule is Sc1c(Br)ccc2c(S)c(Br)ccc12. The van der Waals surface area contributed by atoms with E-state index in [1.807, 2.05) is 24.3 Å². The number of fused-ring (bicyclic) bond motifs is 1. The van der Waals surface area contributed by atoms with Crippen LogP contribution >= 0.6 is 57.1 Å². The van der Waals surface area contributed by atoms with Gasteiger partial charge >= 0.3 is 0 Å². The minimum atomic E-state index is 0.949. The van der Waals surface area contributed by atoms with E-state index in [-0.39, 0.29) is 0 Å². The first kappa shape index (κ1) is 10.9. The smallest absolute Gasteiger partial charge is 0.0315 e. The molecule has 72 valence electrons. The van der Waals surface area contributed by atoms with Crippen molar-refractivity contribution >= 4 is 67.9 Å². The monoisotopic (exact) mass is 348 g/mol. The molecule has 2 aromatic rings.